The van der Waals surface area contributed by atoms with Gasteiger partial charge in [0.1, 0.15) is 5.60 Å². The molecule has 0 spiro atoms. The maximum absolute atomic E-state index is 11.7. The molecule has 0 atom stereocenters. The third kappa shape index (κ3) is 3.44. The minimum Gasteiger partial charge on any atom is -0.456 e. The van der Waals surface area contributed by atoms with E-state index in [1.807, 2.05) is 0 Å². The molecule has 0 aliphatic carbocycles. The van der Waals surface area contributed by atoms with Crippen LogP contribution < -0.4 is 5.73 Å². The van der Waals surface area contributed by atoms with Crippen LogP contribution in [-0.2, 0) is 4.74 Å². The number of ether oxygens (including phenoxy) is 1. The van der Waals surface area contributed by atoms with Gasteiger partial charge in [-0.1, -0.05) is 0 Å². The second-order valence-electron chi connectivity index (χ2n) is 4.53. The van der Waals surface area contributed by atoms with Gasteiger partial charge in [-0.15, -0.1) is 0 Å². The molecule has 17 heavy (non-hydrogen) atoms. The first-order valence-electron chi connectivity index (χ1n) is 4.98. The Labute approximate surface area is 98.5 Å². The van der Waals surface area contributed by atoms with Crippen molar-refractivity contribution < 1.29 is 14.5 Å². The van der Waals surface area contributed by atoms with Gasteiger partial charge >= 0.3 is 5.97 Å². The first kappa shape index (κ1) is 13.0. The fourth-order valence-corrected chi connectivity index (χ4v) is 1.17. The van der Waals surface area contributed by atoms with E-state index in [1.54, 1.807) is 20.8 Å². The predicted molar refractivity (Wildman–Crippen MR) is 62.7 cm³/mol. The molecule has 1 rings (SSSR count). The smallest absolute Gasteiger partial charge is 0.341 e. The highest BCUT2D eigenvalue weighted by Crippen LogP contribution is 2.22. The Morgan fingerprint density at radius 3 is 2.47 bits per heavy atom. The van der Waals surface area contributed by atoms with Crippen molar-refractivity contribution in [3.63, 3.8) is 0 Å². The standard InChI is InChI=1S/C11H14N2O4/c1-11(2,3)17-10(14)8-6-7(13(15)16)4-5-9(8)12/h4-6H,12H2,1-3H3. The average molecular weight is 238 g/mol. The van der Waals surface area contributed by atoms with Crippen molar-refractivity contribution in [3.05, 3.63) is 33.9 Å². The Hall–Kier alpha value is -2.11. The average Bonchev–Trinajstić information content (AvgIpc) is 2.14. The molecule has 0 radical (unpaired) electrons. The van der Waals surface area contributed by atoms with E-state index in [2.05, 4.69) is 0 Å². The van der Waals surface area contributed by atoms with Gasteiger partial charge in [-0.05, 0) is 26.8 Å². The summed E-state index contributed by atoms with van der Waals surface area (Å²) in [6.45, 7) is 5.12. The van der Waals surface area contributed by atoms with Crippen LogP contribution in [0.1, 0.15) is 31.1 Å². The van der Waals surface area contributed by atoms with Crippen LogP contribution in [0.15, 0.2) is 18.2 Å². The van der Waals surface area contributed by atoms with Gasteiger partial charge in [-0.3, -0.25) is 10.1 Å². The summed E-state index contributed by atoms with van der Waals surface area (Å²) >= 11 is 0. The Bertz CT molecular complexity index is 463. The molecule has 6 heteroatoms. The molecule has 1 aromatic rings. The van der Waals surface area contributed by atoms with Gasteiger partial charge in [0.25, 0.3) is 5.69 Å². The number of hydrogen-bond donors (Lipinski definition) is 1. The number of benzene rings is 1. The van der Waals surface area contributed by atoms with Crippen LogP contribution in [0.4, 0.5) is 11.4 Å². The number of carbonyl (C=O) groups excluding carboxylic acids is 1. The molecule has 1 aromatic carbocycles. The lowest BCUT2D eigenvalue weighted by atomic mass is 10.1. The maximum atomic E-state index is 11.7. The summed E-state index contributed by atoms with van der Waals surface area (Å²) < 4.78 is 5.10. The van der Waals surface area contributed by atoms with Crippen LogP contribution in [0.25, 0.3) is 0 Å². The number of nitrogen functional groups attached to an aromatic ring is 1. The topological polar surface area (TPSA) is 95.5 Å². The SMILES string of the molecule is CC(C)(C)OC(=O)c1cc([N+](=O)[O-])ccc1N. The molecule has 0 saturated heterocycles. The summed E-state index contributed by atoms with van der Waals surface area (Å²) in [6.07, 6.45) is 0. The first-order valence-corrected chi connectivity index (χ1v) is 4.98. The lowest BCUT2D eigenvalue weighted by Gasteiger charge is -2.19. The summed E-state index contributed by atoms with van der Waals surface area (Å²) in [5.41, 5.74) is 4.88. The van der Waals surface area contributed by atoms with E-state index in [0.717, 1.165) is 6.07 Å². The minimum absolute atomic E-state index is 0.00845. The van der Waals surface area contributed by atoms with Gasteiger partial charge in [0, 0.05) is 17.8 Å². The van der Waals surface area contributed by atoms with E-state index in [0.29, 0.717) is 0 Å². The van der Waals surface area contributed by atoms with Crippen LogP contribution >= 0.6 is 0 Å². The van der Waals surface area contributed by atoms with Crippen LogP contribution in [0.5, 0.6) is 0 Å². The number of non-ortho nitro benzene ring substituents is 1. The van der Waals surface area contributed by atoms with Crippen LogP contribution in [0.3, 0.4) is 0 Å². The van der Waals surface area contributed by atoms with Crippen molar-refractivity contribution in [3.8, 4) is 0 Å². The molecule has 0 heterocycles. The van der Waals surface area contributed by atoms with Crippen molar-refractivity contribution in [1.29, 1.82) is 0 Å². The second kappa shape index (κ2) is 4.40. The van der Waals surface area contributed by atoms with E-state index < -0.39 is 16.5 Å². The summed E-state index contributed by atoms with van der Waals surface area (Å²) in [7, 11) is 0. The van der Waals surface area contributed by atoms with Crippen molar-refractivity contribution in [2.75, 3.05) is 5.73 Å². The van der Waals surface area contributed by atoms with Gasteiger partial charge in [0.2, 0.25) is 0 Å². The lowest BCUT2D eigenvalue weighted by Crippen LogP contribution is -2.24. The molecule has 0 aromatic heterocycles. The van der Waals surface area contributed by atoms with E-state index in [-0.39, 0.29) is 16.9 Å². The van der Waals surface area contributed by atoms with E-state index >= 15 is 0 Å². The number of nitro groups is 1. The van der Waals surface area contributed by atoms with Crippen molar-refractivity contribution in [1.82, 2.24) is 0 Å². The van der Waals surface area contributed by atoms with Crippen LogP contribution in [0.2, 0.25) is 0 Å². The molecule has 0 amide bonds. The van der Waals surface area contributed by atoms with Gasteiger partial charge in [0.05, 0.1) is 10.5 Å². The van der Waals surface area contributed by atoms with Crippen LogP contribution in [0, 0.1) is 10.1 Å². The van der Waals surface area contributed by atoms with Crippen molar-refractivity contribution in [2.45, 2.75) is 26.4 Å². The number of esters is 1. The van der Waals surface area contributed by atoms with Gasteiger partial charge in [0.15, 0.2) is 0 Å². The summed E-state index contributed by atoms with van der Waals surface area (Å²) in [5.74, 6) is -0.668. The molecule has 0 saturated carbocycles. The lowest BCUT2D eigenvalue weighted by molar-refractivity contribution is -0.384. The number of anilines is 1. The molecular formula is C11H14N2O4. The highest BCUT2D eigenvalue weighted by atomic mass is 16.6. The van der Waals surface area contributed by atoms with Gasteiger partial charge in [-0.25, -0.2) is 4.79 Å². The first-order chi connectivity index (χ1) is 7.70. The molecule has 0 aliphatic heterocycles. The Morgan fingerprint density at radius 2 is 2.00 bits per heavy atom. The molecule has 92 valence electrons. The number of nitro benzene ring substituents is 1. The summed E-state index contributed by atoms with van der Waals surface area (Å²) in [6, 6.07) is 3.67. The van der Waals surface area contributed by atoms with Crippen molar-refractivity contribution >= 4 is 17.3 Å². The highest BCUT2D eigenvalue weighted by Gasteiger charge is 2.21. The fourth-order valence-electron chi connectivity index (χ4n) is 1.17. The number of nitrogens with two attached hydrogens (primary N) is 1. The maximum Gasteiger partial charge on any atom is 0.341 e. The van der Waals surface area contributed by atoms with E-state index in [4.69, 9.17) is 10.5 Å². The van der Waals surface area contributed by atoms with Crippen LogP contribution in [-0.4, -0.2) is 16.5 Å². The Balaban J connectivity index is 3.08. The Morgan fingerprint density at radius 1 is 1.41 bits per heavy atom. The molecule has 0 aliphatic rings. The van der Waals surface area contributed by atoms with Gasteiger partial charge < -0.3 is 10.5 Å². The fraction of sp³-hybridized carbons (Fsp3) is 0.364. The number of rotatable bonds is 2. The van der Waals surface area contributed by atoms with Crippen molar-refractivity contribution in [2.24, 2.45) is 0 Å². The summed E-state index contributed by atoms with van der Waals surface area (Å²) in [4.78, 5) is 21.7. The zero-order valence-corrected chi connectivity index (χ0v) is 9.89. The molecule has 0 bridgehead atoms. The third-order valence-electron chi connectivity index (χ3n) is 1.87. The minimum atomic E-state index is -0.672. The molecule has 0 unspecified atom stereocenters. The highest BCUT2D eigenvalue weighted by molar-refractivity contribution is 5.96. The largest absolute Gasteiger partial charge is 0.456 e. The monoisotopic (exact) mass is 238 g/mol. The quantitative estimate of drug-likeness (QED) is 0.368. The van der Waals surface area contributed by atoms with E-state index in [9.17, 15) is 14.9 Å². The normalized spacial score (nSPS) is 11.0. The number of carbonyl (C=O) groups is 1. The molecular weight excluding hydrogens is 224 g/mol. The molecule has 0 fully saturated rings. The molecule has 6 nitrogen and oxygen atoms in total. The Kier molecular flexibility index (Phi) is 3.36. The van der Waals surface area contributed by atoms with Gasteiger partial charge in [-0.2, -0.15) is 0 Å². The third-order valence-corrected chi connectivity index (χ3v) is 1.87. The zero-order valence-electron chi connectivity index (χ0n) is 9.89. The summed E-state index contributed by atoms with van der Waals surface area (Å²) in [5, 5.41) is 10.6. The number of nitrogens with zero attached hydrogens (tertiary/aromatic N) is 1. The van der Waals surface area contributed by atoms with E-state index in [1.165, 1.54) is 12.1 Å². The zero-order chi connectivity index (χ0) is 13.2. The predicted octanol–water partition coefficient (Wildman–Crippen LogP) is 2.13. The second-order valence-corrected chi connectivity index (χ2v) is 4.53. The molecule has 2 N–H and O–H groups in total. The number of hydrogen-bond acceptors (Lipinski definition) is 5.